The lowest BCUT2D eigenvalue weighted by Gasteiger charge is -2.36. The Morgan fingerprint density at radius 1 is 1.04 bits per heavy atom. The maximum absolute atomic E-state index is 4.55. The van der Waals surface area contributed by atoms with Crippen LogP contribution in [0.1, 0.15) is 24.8 Å². The molecule has 27 heavy (non-hydrogen) atoms. The van der Waals surface area contributed by atoms with E-state index in [2.05, 4.69) is 55.3 Å². The Labute approximate surface area is 181 Å². The molecule has 150 valence electrons. The average Bonchev–Trinajstić information content (AvgIpc) is 3.43. The summed E-state index contributed by atoms with van der Waals surface area (Å²) in [5.41, 5.74) is 1.41. The fourth-order valence-corrected chi connectivity index (χ4v) is 4.33. The highest BCUT2D eigenvalue weighted by Gasteiger charge is 2.34. The molecule has 4 rings (SSSR count). The van der Waals surface area contributed by atoms with Crippen LogP contribution in [0.15, 0.2) is 35.3 Å². The summed E-state index contributed by atoms with van der Waals surface area (Å²) >= 11 is 0. The van der Waals surface area contributed by atoms with Crippen LogP contribution in [0.4, 0.5) is 0 Å². The number of halogens is 1. The van der Waals surface area contributed by atoms with Crippen LogP contribution in [0.2, 0.25) is 0 Å². The van der Waals surface area contributed by atoms with Gasteiger partial charge in [-0.2, -0.15) is 0 Å². The van der Waals surface area contributed by atoms with Crippen molar-refractivity contribution in [2.24, 2.45) is 10.9 Å². The summed E-state index contributed by atoms with van der Waals surface area (Å²) in [6.07, 6.45) is 4.19. The third-order valence-corrected chi connectivity index (χ3v) is 6.06. The maximum Gasteiger partial charge on any atom is 0.193 e. The Kier molecular flexibility index (Phi) is 7.78. The maximum atomic E-state index is 4.55. The Morgan fingerprint density at radius 3 is 2.44 bits per heavy atom. The smallest absolute Gasteiger partial charge is 0.193 e. The van der Waals surface area contributed by atoms with Crippen molar-refractivity contribution in [3.63, 3.8) is 0 Å². The minimum absolute atomic E-state index is 0. The lowest BCUT2D eigenvalue weighted by molar-refractivity contribution is 0.172. The van der Waals surface area contributed by atoms with E-state index in [0.717, 1.165) is 57.2 Å². The Morgan fingerprint density at radius 2 is 1.78 bits per heavy atom. The Balaban J connectivity index is 0.00000210. The van der Waals surface area contributed by atoms with E-state index in [1.807, 2.05) is 7.05 Å². The number of benzene rings is 1. The number of nitrogens with one attached hydrogen (secondary N) is 1. The van der Waals surface area contributed by atoms with Gasteiger partial charge in [-0.25, -0.2) is 0 Å². The van der Waals surface area contributed by atoms with Crippen LogP contribution in [0.25, 0.3) is 0 Å². The summed E-state index contributed by atoms with van der Waals surface area (Å²) < 4.78 is 0. The molecule has 1 atom stereocenters. The molecule has 3 aliphatic rings. The third kappa shape index (κ3) is 5.81. The second kappa shape index (κ2) is 10.1. The summed E-state index contributed by atoms with van der Waals surface area (Å²) in [7, 11) is 1.92. The molecule has 1 aromatic carbocycles. The van der Waals surface area contributed by atoms with E-state index in [0.29, 0.717) is 0 Å². The first-order chi connectivity index (χ1) is 12.8. The normalized spacial score (nSPS) is 24.7. The van der Waals surface area contributed by atoms with Crippen molar-refractivity contribution in [2.75, 3.05) is 52.9 Å². The molecule has 1 unspecified atom stereocenters. The highest BCUT2D eigenvalue weighted by molar-refractivity contribution is 14.0. The number of hydrogen-bond donors (Lipinski definition) is 1. The van der Waals surface area contributed by atoms with E-state index < -0.39 is 0 Å². The Hall–Kier alpha value is -0.860. The number of aliphatic imine (C=N–C) groups is 1. The van der Waals surface area contributed by atoms with Gasteiger partial charge in [-0.15, -0.1) is 24.0 Å². The molecule has 2 saturated heterocycles. The van der Waals surface area contributed by atoms with Gasteiger partial charge in [0.1, 0.15) is 0 Å². The lowest BCUT2D eigenvalue weighted by Crippen LogP contribution is -2.52. The second-order valence-electron chi connectivity index (χ2n) is 8.06. The van der Waals surface area contributed by atoms with Crippen LogP contribution < -0.4 is 5.32 Å². The molecular weight excluding hydrogens is 449 g/mol. The van der Waals surface area contributed by atoms with Crippen molar-refractivity contribution in [3.05, 3.63) is 35.9 Å². The predicted octanol–water partition coefficient (Wildman–Crippen LogP) is 2.48. The van der Waals surface area contributed by atoms with E-state index >= 15 is 0 Å². The topological polar surface area (TPSA) is 34.1 Å². The van der Waals surface area contributed by atoms with E-state index in [1.165, 1.54) is 37.9 Å². The molecule has 0 spiro atoms. The van der Waals surface area contributed by atoms with Crippen LogP contribution in [0.5, 0.6) is 0 Å². The van der Waals surface area contributed by atoms with Crippen LogP contribution in [-0.2, 0) is 6.54 Å². The van der Waals surface area contributed by atoms with Crippen molar-refractivity contribution in [1.29, 1.82) is 0 Å². The summed E-state index contributed by atoms with van der Waals surface area (Å²) in [4.78, 5) is 12.2. The molecule has 3 fully saturated rings. The number of likely N-dealkylation sites (tertiary alicyclic amines) is 1. The van der Waals surface area contributed by atoms with Gasteiger partial charge in [-0.3, -0.25) is 9.89 Å². The number of hydrogen-bond acceptors (Lipinski definition) is 3. The zero-order chi connectivity index (χ0) is 17.8. The van der Waals surface area contributed by atoms with Gasteiger partial charge in [0.05, 0.1) is 0 Å². The molecule has 0 aromatic heterocycles. The minimum atomic E-state index is 0. The zero-order valence-corrected chi connectivity index (χ0v) is 18.8. The summed E-state index contributed by atoms with van der Waals surface area (Å²) in [6, 6.07) is 11.7. The number of piperazine rings is 1. The fraction of sp³-hybridized carbons (Fsp3) is 0.667. The monoisotopic (exact) mass is 483 g/mol. The van der Waals surface area contributed by atoms with Crippen molar-refractivity contribution < 1.29 is 0 Å². The lowest BCUT2D eigenvalue weighted by atomic mass is 10.1. The first kappa shape index (κ1) is 20.9. The number of rotatable bonds is 5. The van der Waals surface area contributed by atoms with Gasteiger partial charge in [0.25, 0.3) is 0 Å². The van der Waals surface area contributed by atoms with Gasteiger partial charge < -0.3 is 15.1 Å². The van der Waals surface area contributed by atoms with Crippen LogP contribution in [0.3, 0.4) is 0 Å². The number of guanidine groups is 1. The SMILES string of the molecule is CN=C(NCC1CCN(C2CC2)C1)N1CCN(Cc2ccccc2)CC1.I. The summed E-state index contributed by atoms with van der Waals surface area (Å²) in [5, 5.41) is 3.66. The highest BCUT2D eigenvalue weighted by Crippen LogP contribution is 2.31. The van der Waals surface area contributed by atoms with E-state index in [-0.39, 0.29) is 24.0 Å². The van der Waals surface area contributed by atoms with E-state index in [1.54, 1.807) is 0 Å². The standard InChI is InChI=1S/C21H33N5.HI/c1-22-21(23-15-19-9-10-26(17-19)20-7-8-20)25-13-11-24(12-14-25)16-18-5-3-2-4-6-18;/h2-6,19-20H,7-17H2,1H3,(H,22,23);1H. The van der Waals surface area contributed by atoms with E-state index in [4.69, 9.17) is 0 Å². The molecule has 0 bridgehead atoms. The summed E-state index contributed by atoms with van der Waals surface area (Å²) in [5.74, 6) is 1.88. The molecule has 1 aromatic rings. The molecule has 1 aliphatic carbocycles. The van der Waals surface area contributed by atoms with Crippen molar-refractivity contribution in [3.8, 4) is 0 Å². The van der Waals surface area contributed by atoms with Crippen LogP contribution in [-0.4, -0.2) is 79.6 Å². The van der Waals surface area contributed by atoms with Gasteiger partial charge in [-0.05, 0) is 37.3 Å². The quantitative estimate of drug-likeness (QED) is 0.397. The summed E-state index contributed by atoms with van der Waals surface area (Å²) in [6.45, 7) is 9.03. The minimum Gasteiger partial charge on any atom is -0.356 e. The second-order valence-corrected chi connectivity index (χ2v) is 8.06. The molecule has 0 amide bonds. The third-order valence-electron chi connectivity index (χ3n) is 6.06. The van der Waals surface area contributed by atoms with Gasteiger partial charge >= 0.3 is 0 Å². The fourth-order valence-electron chi connectivity index (χ4n) is 4.33. The van der Waals surface area contributed by atoms with Gasteiger partial charge in [0.15, 0.2) is 5.96 Å². The molecule has 2 heterocycles. The van der Waals surface area contributed by atoms with Crippen molar-refractivity contribution in [2.45, 2.75) is 31.8 Å². The Bertz CT molecular complexity index is 596. The highest BCUT2D eigenvalue weighted by atomic mass is 127. The number of nitrogens with zero attached hydrogens (tertiary/aromatic N) is 4. The zero-order valence-electron chi connectivity index (χ0n) is 16.5. The van der Waals surface area contributed by atoms with Crippen LogP contribution >= 0.6 is 24.0 Å². The largest absolute Gasteiger partial charge is 0.356 e. The van der Waals surface area contributed by atoms with Gasteiger partial charge in [0, 0.05) is 58.9 Å². The van der Waals surface area contributed by atoms with Gasteiger partial charge in [0.2, 0.25) is 0 Å². The molecule has 0 radical (unpaired) electrons. The van der Waals surface area contributed by atoms with Crippen LogP contribution in [0, 0.1) is 5.92 Å². The molecule has 5 nitrogen and oxygen atoms in total. The average molecular weight is 483 g/mol. The molecule has 2 aliphatic heterocycles. The van der Waals surface area contributed by atoms with E-state index in [9.17, 15) is 0 Å². The van der Waals surface area contributed by atoms with Crippen molar-refractivity contribution in [1.82, 2.24) is 20.0 Å². The predicted molar refractivity (Wildman–Crippen MR) is 123 cm³/mol. The first-order valence-electron chi connectivity index (χ1n) is 10.3. The molecule has 1 N–H and O–H groups in total. The van der Waals surface area contributed by atoms with Gasteiger partial charge in [-0.1, -0.05) is 30.3 Å². The molecule has 6 heteroatoms. The molecular formula is C21H34IN5. The first-order valence-corrected chi connectivity index (χ1v) is 10.3. The van der Waals surface area contributed by atoms with Crippen molar-refractivity contribution >= 4 is 29.9 Å². The molecule has 1 saturated carbocycles.